The summed E-state index contributed by atoms with van der Waals surface area (Å²) in [6.45, 7) is 4.69. The second kappa shape index (κ2) is 5.79. The molecule has 4 heteroatoms. The van der Waals surface area contributed by atoms with Crippen molar-refractivity contribution in [3.63, 3.8) is 0 Å². The molecule has 0 unspecified atom stereocenters. The van der Waals surface area contributed by atoms with Crippen molar-refractivity contribution >= 4 is 5.95 Å². The normalized spacial score (nSPS) is 10.6. The van der Waals surface area contributed by atoms with Crippen LogP contribution in [0.3, 0.4) is 0 Å². The van der Waals surface area contributed by atoms with Crippen LogP contribution in [0.4, 0.5) is 5.95 Å². The number of aryl methyl sites for hydroxylation is 2. The van der Waals surface area contributed by atoms with E-state index in [2.05, 4.69) is 38.1 Å². The van der Waals surface area contributed by atoms with E-state index < -0.39 is 0 Å². The third-order valence-electron chi connectivity index (χ3n) is 3.28. The maximum Gasteiger partial charge on any atom is 0.208 e. The predicted octanol–water partition coefficient (Wildman–Crippen LogP) is 3.50. The number of para-hydroxylation sites is 1. The van der Waals surface area contributed by atoms with Gasteiger partial charge in [0.25, 0.3) is 0 Å². The first-order valence-corrected chi connectivity index (χ1v) is 6.99. The van der Waals surface area contributed by atoms with Gasteiger partial charge in [-0.1, -0.05) is 24.3 Å². The molecule has 2 aromatic heterocycles. The zero-order valence-electron chi connectivity index (χ0n) is 12.2. The van der Waals surface area contributed by atoms with Crippen molar-refractivity contribution in [1.82, 2.24) is 14.5 Å². The van der Waals surface area contributed by atoms with Gasteiger partial charge in [0.1, 0.15) is 0 Å². The van der Waals surface area contributed by atoms with Crippen LogP contribution in [0.2, 0.25) is 0 Å². The molecule has 0 atom stereocenters. The van der Waals surface area contributed by atoms with Crippen LogP contribution in [0.1, 0.15) is 17.0 Å². The Morgan fingerprint density at radius 2 is 1.81 bits per heavy atom. The summed E-state index contributed by atoms with van der Waals surface area (Å²) >= 11 is 0. The van der Waals surface area contributed by atoms with Gasteiger partial charge < -0.3 is 5.32 Å². The van der Waals surface area contributed by atoms with Gasteiger partial charge >= 0.3 is 0 Å². The van der Waals surface area contributed by atoms with Crippen LogP contribution in [0, 0.1) is 13.8 Å². The number of anilines is 1. The molecule has 3 aromatic rings. The standard InChI is InChI=1S/C17H18N4/c1-13-8-9-15(10-18-13)11-19-17-20-14(2)12-21(17)16-6-4-3-5-7-16/h3-10,12H,11H2,1-2H3,(H,19,20). The van der Waals surface area contributed by atoms with Crippen LogP contribution >= 0.6 is 0 Å². The van der Waals surface area contributed by atoms with Gasteiger partial charge in [-0.15, -0.1) is 0 Å². The smallest absolute Gasteiger partial charge is 0.208 e. The molecule has 1 aromatic carbocycles. The Kier molecular flexibility index (Phi) is 3.69. The number of benzene rings is 1. The zero-order valence-corrected chi connectivity index (χ0v) is 12.2. The Balaban J connectivity index is 1.81. The highest BCUT2D eigenvalue weighted by Gasteiger charge is 2.07. The number of aromatic nitrogens is 3. The van der Waals surface area contributed by atoms with Gasteiger partial charge in [0, 0.05) is 30.3 Å². The first kappa shape index (κ1) is 13.4. The lowest BCUT2D eigenvalue weighted by Crippen LogP contribution is -2.06. The van der Waals surface area contributed by atoms with Gasteiger partial charge in [0.15, 0.2) is 0 Å². The van der Waals surface area contributed by atoms with Crippen LogP contribution in [-0.2, 0) is 6.54 Å². The maximum atomic E-state index is 4.55. The third kappa shape index (κ3) is 3.11. The van der Waals surface area contributed by atoms with Gasteiger partial charge in [-0.25, -0.2) is 4.98 Å². The Morgan fingerprint density at radius 3 is 2.52 bits per heavy atom. The molecule has 0 aliphatic carbocycles. The molecule has 2 heterocycles. The molecule has 0 aliphatic heterocycles. The fourth-order valence-corrected chi connectivity index (χ4v) is 2.19. The number of rotatable bonds is 4. The van der Waals surface area contributed by atoms with Crippen molar-refractivity contribution < 1.29 is 0 Å². The summed E-state index contributed by atoms with van der Waals surface area (Å²) in [5, 5.41) is 3.38. The van der Waals surface area contributed by atoms with Crippen molar-refractivity contribution in [3.8, 4) is 5.69 Å². The first-order chi connectivity index (χ1) is 10.2. The summed E-state index contributed by atoms with van der Waals surface area (Å²) in [6, 6.07) is 14.3. The molecule has 0 fully saturated rings. The lowest BCUT2D eigenvalue weighted by atomic mass is 10.2. The monoisotopic (exact) mass is 278 g/mol. The highest BCUT2D eigenvalue weighted by atomic mass is 15.2. The van der Waals surface area contributed by atoms with Crippen molar-refractivity contribution in [1.29, 1.82) is 0 Å². The Labute approximate surface area is 124 Å². The van der Waals surface area contributed by atoms with Gasteiger partial charge in [-0.2, -0.15) is 0 Å². The molecule has 0 aliphatic rings. The van der Waals surface area contributed by atoms with Crippen LogP contribution in [0.15, 0.2) is 54.9 Å². The van der Waals surface area contributed by atoms with Crippen LogP contribution in [0.25, 0.3) is 5.69 Å². The molecule has 21 heavy (non-hydrogen) atoms. The fraction of sp³-hybridized carbons (Fsp3) is 0.176. The third-order valence-corrected chi connectivity index (χ3v) is 3.28. The van der Waals surface area contributed by atoms with E-state index in [1.165, 1.54) is 0 Å². The molecule has 0 amide bonds. The molecule has 0 saturated heterocycles. The molecule has 0 saturated carbocycles. The number of pyridine rings is 1. The summed E-state index contributed by atoms with van der Waals surface area (Å²) < 4.78 is 2.07. The molecule has 106 valence electrons. The number of hydrogen-bond donors (Lipinski definition) is 1. The van der Waals surface area contributed by atoms with E-state index in [9.17, 15) is 0 Å². The molecule has 4 nitrogen and oxygen atoms in total. The fourth-order valence-electron chi connectivity index (χ4n) is 2.19. The predicted molar refractivity (Wildman–Crippen MR) is 84.6 cm³/mol. The average molecular weight is 278 g/mol. The Bertz CT molecular complexity index is 714. The molecular weight excluding hydrogens is 260 g/mol. The highest BCUT2D eigenvalue weighted by molar-refractivity contribution is 5.43. The van der Waals surface area contributed by atoms with E-state index in [1.807, 2.05) is 50.5 Å². The number of nitrogens with zero attached hydrogens (tertiary/aromatic N) is 3. The Hall–Kier alpha value is -2.62. The zero-order chi connectivity index (χ0) is 14.7. The van der Waals surface area contributed by atoms with Gasteiger partial charge in [0.05, 0.1) is 5.69 Å². The van der Waals surface area contributed by atoms with Gasteiger partial charge in [-0.3, -0.25) is 9.55 Å². The summed E-state index contributed by atoms with van der Waals surface area (Å²) in [5.41, 5.74) is 4.26. The van der Waals surface area contributed by atoms with E-state index in [1.54, 1.807) is 0 Å². The molecule has 0 radical (unpaired) electrons. The topological polar surface area (TPSA) is 42.7 Å². The molecule has 0 spiro atoms. The second-order valence-corrected chi connectivity index (χ2v) is 5.07. The van der Waals surface area contributed by atoms with Crippen molar-refractivity contribution in [3.05, 3.63) is 71.8 Å². The average Bonchev–Trinajstić information content (AvgIpc) is 2.89. The number of nitrogens with one attached hydrogen (secondary N) is 1. The molecule has 0 bridgehead atoms. The minimum absolute atomic E-state index is 0.705. The maximum absolute atomic E-state index is 4.55. The van der Waals surface area contributed by atoms with Crippen LogP contribution in [0.5, 0.6) is 0 Å². The minimum atomic E-state index is 0.705. The van der Waals surface area contributed by atoms with E-state index >= 15 is 0 Å². The highest BCUT2D eigenvalue weighted by Crippen LogP contribution is 2.17. The SMILES string of the molecule is Cc1ccc(CNc2nc(C)cn2-c2ccccc2)cn1. The molecule has 1 N–H and O–H groups in total. The number of hydrogen-bond acceptors (Lipinski definition) is 3. The van der Waals surface area contributed by atoms with E-state index in [4.69, 9.17) is 0 Å². The summed E-state index contributed by atoms with van der Waals surface area (Å²) in [4.78, 5) is 8.86. The van der Waals surface area contributed by atoms with Crippen LogP contribution in [-0.4, -0.2) is 14.5 Å². The lowest BCUT2D eigenvalue weighted by Gasteiger charge is -2.09. The van der Waals surface area contributed by atoms with Crippen LogP contribution < -0.4 is 5.32 Å². The van der Waals surface area contributed by atoms with Gasteiger partial charge in [-0.05, 0) is 37.6 Å². The van der Waals surface area contributed by atoms with Crippen molar-refractivity contribution in [2.45, 2.75) is 20.4 Å². The summed E-state index contributed by atoms with van der Waals surface area (Å²) in [5.74, 6) is 0.847. The quantitative estimate of drug-likeness (QED) is 0.794. The number of imidazole rings is 1. The van der Waals surface area contributed by atoms with Crippen molar-refractivity contribution in [2.24, 2.45) is 0 Å². The van der Waals surface area contributed by atoms with E-state index in [-0.39, 0.29) is 0 Å². The largest absolute Gasteiger partial charge is 0.351 e. The summed E-state index contributed by atoms with van der Waals surface area (Å²) in [6.07, 6.45) is 3.93. The first-order valence-electron chi connectivity index (χ1n) is 6.99. The Morgan fingerprint density at radius 1 is 1.00 bits per heavy atom. The minimum Gasteiger partial charge on any atom is -0.351 e. The summed E-state index contributed by atoms with van der Waals surface area (Å²) in [7, 11) is 0. The lowest BCUT2D eigenvalue weighted by molar-refractivity contribution is 0.994. The van der Waals surface area contributed by atoms with Crippen molar-refractivity contribution in [2.75, 3.05) is 5.32 Å². The second-order valence-electron chi connectivity index (χ2n) is 5.07. The molecular formula is C17H18N4. The van der Waals surface area contributed by atoms with E-state index in [0.717, 1.165) is 28.6 Å². The molecule has 3 rings (SSSR count). The van der Waals surface area contributed by atoms with Gasteiger partial charge in [0.2, 0.25) is 5.95 Å². The van der Waals surface area contributed by atoms with E-state index in [0.29, 0.717) is 6.54 Å².